The van der Waals surface area contributed by atoms with Gasteiger partial charge in [-0.2, -0.15) is 0 Å². The average Bonchev–Trinajstić information content (AvgIpc) is 2.48. The summed E-state index contributed by atoms with van der Waals surface area (Å²) >= 11 is 1.64. The van der Waals surface area contributed by atoms with E-state index in [0.717, 1.165) is 15.5 Å². The highest BCUT2D eigenvalue weighted by atomic mass is 32.2. The lowest BCUT2D eigenvalue weighted by atomic mass is 10.2. The van der Waals surface area contributed by atoms with Crippen LogP contribution in [0.15, 0.2) is 70.7 Å². The van der Waals surface area contributed by atoms with Gasteiger partial charge in [-0.25, -0.2) is 4.98 Å². The lowest BCUT2D eigenvalue weighted by Crippen LogP contribution is -1.84. The van der Waals surface area contributed by atoms with E-state index in [1.807, 2.05) is 48.7 Å². The van der Waals surface area contributed by atoms with Gasteiger partial charge in [-0.05, 0) is 29.1 Å². The molecular weight excluding hydrogens is 254 g/mol. The van der Waals surface area contributed by atoms with Crippen LogP contribution >= 0.6 is 11.8 Å². The number of aliphatic hydroxyl groups excluding tert-OH is 1. The number of benzene rings is 2. The summed E-state index contributed by atoms with van der Waals surface area (Å²) in [4.78, 5) is 5.58. The number of hydrogen-bond acceptors (Lipinski definition) is 3. The average molecular weight is 267 g/mol. The van der Waals surface area contributed by atoms with Gasteiger partial charge >= 0.3 is 0 Å². The van der Waals surface area contributed by atoms with Crippen LogP contribution in [0.1, 0.15) is 5.56 Å². The number of aliphatic hydroxyl groups is 1. The van der Waals surface area contributed by atoms with Gasteiger partial charge in [-0.3, -0.25) is 0 Å². The first-order valence-corrected chi connectivity index (χ1v) is 6.90. The van der Waals surface area contributed by atoms with E-state index >= 15 is 0 Å². The van der Waals surface area contributed by atoms with Crippen molar-refractivity contribution in [2.24, 2.45) is 0 Å². The third-order valence-electron chi connectivity index (χ3n) is 2.96. The van der Waals surface area contributed by atoms with Crippen LogP contribution in [0.2, 0.25) is 0 Å². The van der Waals surface area contributed by atoms with Crippen LogP contribution in [0.5, 0.6) is 0 Å². The Morgan fingerprint density at radius 3 is 2.53 bits per heavy atom. The lowest BCUT2D eigenvalue weighted by molar-refractivity contribution is 0.282. The van der Waals surface area contributed by atoms with Gasteiger partial charge in [0.05, 0.1) is 6.61 Å². The zero-order valence-electron chi connectivity index (χ0n) is 10.3. The maximum atomic E-state index is 9.04. The quantitative estimate of drug-likeness (QED) is 0.781. The van der Waals surface area contributed by atoms with Gasteiger partial charge in [0.25, 0.3) is 0 Å². The summed E-state index contributed by atoms with van der Waals surface area (Å²) in [5.41, 5.74) is 0.926. The lowest BCUT2D eigenvalue weighted by Gasteiger charge is -2.05. The van der Waals surface area contributed by atoms with Crippen LogP contribution in [-0.2, 0) is 6.61 Å². The minimum atomic E-state index is 0.0808. The van der Waals surface area contributed by atoms with E-state index in [4.69, 9.17) is 5.11 Å². The number of aromatic nitrogens is 1. The van der Waals surface area contributed by atoms with Crippen LogP contribution in [-0.4, -0.2) is 10.1 Å². The number of pyridine rings is 1. The van der Waals surface area contributed by atoms with Crippen LogP contribution in [0.3, 0.4) is 0 Å². The van der Waals surface area contributed by atoms with Gasteiger partial charge in [0.1, 0.15) is 5.03 Å². The van der Waals surface area contributed by atoms with Crippen molar-refractivity contribution in [1.29, 1.82) is 0 Å². The molecule has 3 aromatic rings. The molecule has 0 bridgehead atoms. The standard InChI is InChI=1S/C16H13NOS/c18-11-12-5-7-14(8-6-12)19-16-15-4-2-1-3-13(15)9-10-17-16/h1-10,18H,11H2. The molecule has 19 heavy (non-hydrogen) atoms. The fourth-order valence-corrected chi connectivity index (χ4v) is 2.85. The van der Waals surface area contributed by atoms with Crippen LogP contribution in [0, 0.1) is 0 Å². The van der Waals surface area contributed by atoms with Gasteiger partial charge in [0, 0.05) is 16.5 Å². The molecule has 0 saturated carbocycles. The zero-order chi connectivity index (χ0) is 13.1. The summed E-state index contributed by atoms with van der Waals surface area (Å²) in [6, 6.07) is 18.2. The minimum absolute atomic E-state index is 0.0808. The van der Waals surface area contributed by atoms with E-state index in [0.29, 0.717) is 0 Å². The molecule has 0 aliphatic carbocycles. The molecule has 3 heteroatoms. The molecule has 2 aromatic carbocycles. The van der Waals surface area contributed by atoms with Crippen molar-refractivity contribution in [2.45, 2.75) is 16.5 Å². The Kier molecular flexibility index (Phi) is 3.49. The SMILES string of the molecule is OCc1ccc(Sc2nccc3ccccc23)cc1. The predicted molar refractivity (Wildman–Crippen MR) is 78.2 cm³/mol. The molecule has 0 saturated heterocycles. The third kappa shape index (κ3) is 2.62. The summed E-state index contributed by atoms with van der Waals surface area (Å²) in [7, 11) is 0. The highest BCUT2D eigenvalue weighted by Gasteiger charge is 2.04. The monoisotopic (exact) mass is 267 g/mol. The summed E-state index contributed by atoms with van der Waals surface area (Å²) in [6.07, 6.45) is 1.84. The Morgan fingerprint density at radius 1 is 0.947 bits per heavy atom. The molecule has 2 nitrogen and oxygen atoms in total. The molecule has 3 rings (SSSR count). The minimum Gasteiger partial charge on any atom is -0.392 e. The van der Waals surface area contributed by atoms with E-state index < -0.39 is 0 Å². The molecule has 0 atom stereocenters. The van der Waals surface area contributed by atoms with Crippen LogP contribution in [0.4, 0.5) is 0 Å². The van der Waals surface area contributed by atoms with Gasteiger partial charge < -0.3 is 5.11 Å². The second kappa shape index (κ2) is 5.43. The first-order valence-electron chi connectivity index (χ1n) is 6.08. The molecule has 0 amide bonds. The predicted octanol–water partition coefficient (Wildman–Crippen LogP) is 3.88. The molecule has 0 aliphatic rings. The second-order valence-corrected chi connectivity index (χ2v) is 5.30. The molecular formula is C16H13NOS. The highest BCUT2D eigenvalue weighted by molar-refractivity contribution is 7.99. The summed E-state index contributed by atoms with van der Waals surface area (Å²) in [5.74, 6) is 0. The van der Waals surface area contributed by atoms with Crippen LogP contribution < -0.4 is 0 Å². The van der Waals surface area contributed by atoms with Crippen molar-refractivity contribution in [3.63, 3.8) is 0 Å². The van der Waals surface area contributed by atoms with E-state index in [2.05, 4.69) is 17.1 Å². The Labute approximate surface area is 116 Å². The molecule has 1 aromatic heterocycles. The Hall–Kier alpha value is -1.84. The topological polar surface area (TPSA) is 33.1 Å². The maximum absolute atomic E-state index is 9.04. The Balaban J connectivity index is 1.96. The summed E-state index contributed by atoms with van der Waals surface area (Å²) < 4.78 is 0. The number of fused-ring (bicyclic) bond motifs is 1. The van der Waals surface area contributed by atoms with Crippen molar-refractivity contribution in [2.75, 3.05) is 0 Å². The van der Waals surface area contributed by atoms with E-state index in [-0.39, 0.29) is 6.61 Å². The molecule has 1 heterocycles. The third-order valence-corrected chi connectivity index (χ3v) is 3.98. The van der Waals surface area contributed by atoms with Gasteiger partial charge in [0.15, 0.2) is 0 Å². The smallest absolute Gasteiger partial charge is 0.109 e. The van der Waals surface area contributed by atoms with Crippen LogP contribution in [0.25, 0.3) is 10.8 Å². The number of rotatable bonds is 3. The molecule has 1 N–H and O–H groups in total. The first-order chi connectivity index (χ1) is 9.36. The molecule has 0 aliphatic heterocycles. The van der Waals surface area contributed by atoms with Crippen molar-refractivity contribution in [1.82, 2.24) is 4.98 Å². The Bertz CT molecular complexity index is 689. The van der Waals surface area contributed by atoms with Gasteiger partial charge in [-0.15, -0.1) is 0 Å². The van der Waals surface area contributed by atoms with E-state index in [1.165, 1.54) is 10.8 Å². The fourth-order valence-electron chi connectivity index (χ4n) is 1.95. The maximum Gasteiger partial charge on any atom is 0.109 e. The summed E-state index contributed by atoms with van der Waals surface area (Å²) in [5, 5.41) is 12.4. The Morgan fingerprint density at radius 2 is 1.74 bits per heavy atom. The van der Waals surface area contributed by atoms with Crippen molar-refractivity contribution in [3.8, 4) is 0 Å². The number of nitrogens with zero attached hydrogens (tertiary/aromatic N) is 1. The zero-order valence-corrected chi connectivity index (χ0v) is 11.1. The van der Waals surface area contributed by atoms with Crippen molar-refractivity contribution in [3.05, 3.63) is 66.4 Å². The van der Waals surface area contributed by atoms with E-state index in [1.54, 1.807) is 11.8 Å². The normalized spacial score (nSPS) is 10.8. The highest BCUT2D eigenvalue weighted by Crippen LogP contribution is 2.31. The largest absolute Gasteiger partial charge is 0.392 e. The molecule has 0 fully saturated rings. The van der Waals surface area contributed by atoms with Gasteiger partial charge in [-0.1, -0.05) is 48.2 Å². The molecule has 94 valence electrons. The molecule has 0 radical (unpaired) electrons. The van der Waals surface area contributed by atoms with E-state index in [9.17, 15) is 0 Å². The second-order valence-electron chi connectivity index (χ2n) is 4.24. The van der Waals surface area contributed by atoms with Gasteiger partial charge in [0.2, 0.25) is 0 Å². The first kappa shape index (κ1) is 12.2. The number of hydrogen-bond donors (Lipinski definition) is 1. The molecule has 0 spiro atoms. The van der Waals surface area contributed by atoms with Crippen molar-refractivity contribution >= 4 is 22.5 Å². The van der Waals surface area contributed by atoms with Crippen molar-refractivity contribution < 1.29 is 5.11 Å². The molecule has 0 unspecified atom stereocenters. The fraction of sp³-hybridized carbons (Fsp3) is 0.0625. The summed E-state index contributed by atoms with van der Waals surface area (Å²) in [6.45, 7) is 0.0808.